The van der Waals surface area contributed by atoms with Crippen LogP contribution in [0.2, 0.25) is 0 Å². The fraction of sp³-hybridized carbons (Fsp3) is 0.167. The van der Waals surface area contributed by atoms with E-state index in [0.717, 1.165) is 5.69 Å². The maximum Gasteiger partial charge on any atom is 0.214 e. The molecule has 5 heteroatoms. The lowest BCUT2D eigenvalue weighted by Crippen LogP contribution is -2.05. The molecule has 2 heterocycles. The second kappa shape index (κ2) is 4.18. The number of aromatic nitrogens is 3. The summed E-state index contributed by atoms with van der Waals surface area (Å²) < 4.78 is 0. The molecule has 1 N–H and O–H groups in total. The molecule has 0 aliphatic carbocycles. The van der Waals surface area contributed by atoms with Crippen LogP contribution < -0.4 is 0 Å². The molecule has 2 aromatic rings. The molecule has 0 bridgehead atoms. The highest BCUT2D eigenvalue weighted by molar-refractivity contribution is 6.09. The predicted molar refractivity (Wildman–Crippen MR) is 60.4 cm³/mol. The molecule has 0 aromatic carbocycles. The van der Waals surface area contributed by atoms with Gasteiger partial charge in [-0.3, -0.25) is 14.9 Å². The van der Waals surface area contributed by atoms with Gasteiger partial charge in [0.05, 0.1) is 5.69 Å². The molecule has 0 fully saturated rings. The van der Waals surface area contributed by atoms with Crippen molar-refractivity contribution in [1.82, 2.24) is 15.2 Å². The number of hydrogen-bond acceptors (Lipinski definition) is 4. The molecule has 2 aromatic heterocycles. The van der Waals surface area contributed by atoms with Crippen LogP contribution >= 0.6 is 0 Å². The first-order valence-corrected chi connectivity index (χ1v) is 5.06. The van der Waals surface area contributed by atoms with Crippen molar-refractivity contribution in [3.05, 3.63) is 46.5 Å². The molecular formula is C12H10N4O. The molecule has 0 saturated heterocycles. The van der Waals surface area contributed by atoms with Crippen LogP contribution in [0.5, 0.6) is 0 Å². The Morgan fingerprint density at radius 2 is 2.24 bits per heavy atom. The largest absolute Gasteiger partial charge is 0.287 e. The topological polar surface area (TPSA) is 82.4 Å². The van der Waals surface area contributed by atoms with Crippen LogP contribution in [0, 0.1) is 25.2 Å². The van der Waals surface area contributed by atoms with E-state index in [1.807, 2.05) is 6.07 Å². The number of rotatable bonds is 2. The minimum Gasteiger partial charge on any atom is -0.287 e. The number of hydrogen-bond donors (Lipinski definition) is 1. The van der Waals surface area contributed by atoms with Crippen LogP contribution in [0.1, 0.15) is 33.0 Å². The summed E-state index contributed by atoms with van der Waals surface area (Å²) in [6.07, 6.45) is 1.56. The number of nitrogens with zero attached hydrogens (tertiary/aromatic N) is 3. The fourth-order valence-electron chi connectivity index (χ4n) is 1.55. The van der Waals surface area contributed by atoms with E-state index in [0.29, 0.717) is 16.8 Å². The van der Waals surface area contributed by atoms with Crippen LogP contribution in [0.4, 0.5) is 0 Å². The third-order valence-electron chi connectivity index (χ3n) is 2.43. The van der Waals surface area contributed by atoms with Crippen molar-refractivity contribution in [3.63, 3.8) is 0 Å². The van der Waals surface area contributed by atoms with Crippen molar-refractivity contribution in [1.29, 1.82) is 5.26 Å². The lowest BCUT2D eigenvalue weighted by molar-refractivity contribution is 0.103. The first-order valence-electron chi connectivity index (χ1n) is 5.06. The van der Waals surface area contributed by atoms with Gasteiger partial charge in [-0.15, -0.1) is 0 Å². The van der Waals surface area contributed by atoms with Crippen LogP contribution in [0.15, 0.2) is 18.3 Å². The molecule has 0 saturated carbocycles. The molecule has 0 amide bonds. The van der Waals surface area contributed by atoms with Gasteiger partial charge >= 0.3 is 0 Å². The minimum atomic E-state index is -0.267. The Labute approximate surface area is 98.1 Å². The Bertz CT molecular complexity index is 622. The zero-order valence-corrected chi connectivity index (χ0v) is 9.48. The van der Waals surface area contributed by atoms with Gasteiger partial charge in [0.1, 0.15) is 11.6 Å². The highest BCUT2D eigenvalue weighted by Gasteiger charge is 2.19. The smallest absolute Gasteiger partial charge is 0.214 e. The summed E-state index contributed by atoms with van der Waals surface area (Å²) >= 11 is 0. The van der Waals surface area contributed by atoms with Crippen molar-refractivity contribution >= 4 is 5.78 Å². The van der Waals surface area contributed by atoms with Gasteiger partial charge in [0.25, 0.3) is 0 Å². The van der Waals surface area contributed by atoms with Crippen LogP contribution in [0.3, 0.4) is 0 Å². The Kier molecular flexibility index (Phi) is 2.71. The summed E-state index contributed by atoms with van der Waals surface area (Å²) in [6, 6.07) is 5.26. The number of carbonyl (C=O) groups excluding carboxylic acids is 1. The lowest BCUT2D eigenvalue weighted by Gasteiger charge is -1.98. The summed E-state index contributed by atoms with van der Waals surface area (Å²) in [7, 11) is 0. The number of H-pyrrole nitrogens is 1. The monoisotopic (exact) mass is 226 g/mol. The Hall–Kier alpha value is -2.48. The summed E-state index contributed by atoms with van der Waals surface area (Å²) in [4.78, 5) is 16.1. The number of nitriles is 1. The van der Waals surface area contributed by atoms with Gasteiger partial charge < -0.3 is 0 Å². The lowest BCUT2D eigenvalue weighted by atomic mass is 10.1. The predicted octanol–water partition coefficient (Wildman–Crippen LogP) is 1.52. The third-order valence-corrected chi connectivity index (χ3v) is 2.43. The van der Waals surface area contributed by atoms with Gasteiger partial charge in [-0.2, -0.15) is 10.4 Å². The van der Waals surface area contributed by atoms with Gasteiger partial charge in [0, 0.05) is 17.5 Å². The van der Waals surface area contributed by atoms with Crippen molar-refractivity contribution < 1.29 is 4.79 Å². The number of carbonyl (C=O) groups is 1. The van der Waals surface area contributed by atoms with Gasteiger partial charge in [0.2, 0.25) is 5.78 Å². The molecule has 0 atom stereocenters. The first-order chi connectivity index (χ1) is 8.13. The van der Waals surface area contributed by atoms with Crippen LogP contribution in [-0.2, 0) is 0 Å². The molecule has 0 aliphatic heterocycles. The quantitative estimate of drug-likeness (QED) is 0.787. The van der Waals surface area contributed by atoms with E-state index >= 15 is 0 Å². The SMILES string of the molecule is Cc1cc(C(=O)c2n[nH]c(C)c2C#N)ccn1. The molecule has 5 nitrogen and oxygen atoms in total. The van der Waals surface area contributed by atoms with Gasteiger partial charge in [-0.1, -0.05) is 0 Å². The van der Waals surface area contributed by atoms with E-state index in [1.54, 1.807) is 32.2 Å². The standard InChI is InChI=1S/C12H10N4O/c1-7-5-9(3-4-14-7)12(17)11-10(6-13)8(2)15-16-11/h3-5H,1-2H3,(H,15,16). The van der Waals surface area contributed by atoms with Crippen LogP contribution in [-0.4, -0.2) is 21.0 Å². The van der Waals surface area contributed by atoms with E-state index < -0.39 is 0 Å². The molecule has 0 aliphatic rings. The normalized spacial score (nSPS) is 9.94. The second-order valence-electron chi connectivity index (χ2n) is 3.70. The molecule has 17 heavy (non-hydrogen) atoms. The molecule has 0 unspecified atom stereocenters. The number of aryl methyl sites for hydroxylation is 2. The van der Waals surface area contributed by atoms with E-state index in [9.17, 15) is 4.79 Å². The number of ketones is 1. The number of aromatic amines is 1. The van der Waals surface area contributed by atoms with Crippen molar-refractivity contribution in [2.45, 2.75) is 13.8 Å². The van der Waals surface area contributed by atoms with Crippen molar-refractivity contribution in [2.24, 2.45) is 0 Å². The minimum absolute atomic E-state index is 0.163. The van der Waals surface area contributed by atoms with Gasteiger partial charge in [-0.05, 0) is 26.0 Å². The Morgan fingerprint density at radius 3 is 2.88 bits per heavy atom. The van der Waals surface area contributed by atoms with Crippen molar-refractivity contribution in [3.8, 4) is 6.07 Å². The zero-order chi connectivity index (χ0) is 12.4. The van der Waals surface area contributed by atoms with Crippen LogP contribution in [0.25, 0.3) is 0 Å². The van der Waals surface area contributed by atoms with Gasteiger partial charge in [-0.25, -0.2) is 0 Å². The van der Waals surface area contributed by atoms with Crippen molar-refractivity contribution in [2.75, 3.05) is 0 Å². The average molecular weight is 226 g/mol. The van der Waals surface area contributed by atoms with E-state index in [2.05, 4.69) is 15.2 Å². The molecule has 2 rings (SSSR count). The highest BCUT2D eigenvalue weighted by Crippen LogP contribution is 2.14. The molecule has 84 valence electrons. The van der Waals surface area contributed by atoms with E-state index in [4.69, 9.17) is 5.26 Å². The summed E-state index contributed by atoms with van der Waals surface area (Å²) in [6.45, 7) is 3.51. The highest BCUT2D eigenvalue weighted by atomic mass is 16.1. The maximum absolute atomic E-state index is 12.1. The summed E-state index contributed by atoms with van der Waals surface area (Å²) in [5.74, 6) is -0.267. The molecular weight excluding hydrogens is 216 g/mol. The summed E-state index contributed by atoms with van der Waals surface area (Å²) in [5, 5.41) is 15.5. The Morgan fingerprint density at radius 1 is 1.47 bits per heavy atom. The third kappa shape index (κ3) is 1.93. The number of pyridine rings is 1. The second-order valence-corrected chi connectivity index (χ2v) is 3.70. The average Bonchev–Trinajstić information content (AvgIpc) is 2.69. The first kappa shape index (κ1) is 11.0. The molecule has 0 spiro atoms. The number of nitrogens with one attached hydrogen (secondary N) is 1. The Balaban J connectivity index is 2.48. The maximum atomic E-state index is 12.1. The van der Waals surface area contributed by atoms with Gasteiger partial charge in [0.15, 0.2) is 5.69 Å². The summed E-state index contributed by atoms with van der Waals surface area (Å²) in [5.41, 5.74) is 2.30. The zero-order valence-electron chi connectivity index (χ0n) is 9.48. The molecule has 0 radical (unpaired) electrons. The fourth-order valence-corrected chi connectivity index (χ4v) is 1.55. The van der Waals surface area contributed by atoms with E-state index in [-0.39, 0.29) is 11.5 Å². The van der Waals surface area contributed by atoms with E-state index in [1.165, 1.54) is 0 Å².